The van der Waals surface area contributed by atoms with Gasteiger partial charge in [0.25, 0.3) is 0 Å². The van der Waals surface area contributed by atoms with E-state index < -0.39 is 12.2 Å². The molecule has 3 aliphatic rings. The van der Waals surface area contributed by atoms with Crippen molar-refractivity contribution < 1.29 is 24.2 Å². The first-order valence-corrected chi connectivity index (χ1v) is 21.3. The second-order valence-corrected chi connectivity index (χ2v) is 17.0. The van der Waals surface area contributed by atoms with Crippen molar-refractivity contribution >= 4 is 17.9 Å². The molecule has 6 aromatic rings. The zero-order chi connectivity index (χ0) is 42.2. The molecule has 2 aromatic heterocycles. The minimum absolute atomic E-state index is 0.0827. The highest BCUT2D eigenvalue weighted by atomic mass is 16.5. The van der Waals surface area contributed by atoms with Crippen LogP contribution in [0.5, 0.6) is 0 Å². The predicted molar refractivity (Wildman–Crippen MR) is 236 cm³/mol. The summed E-state index contributed by atoms with van der Waals surface area (Å²) in [5.41, 5.74) is 13.8. The molecule has 0 saturated carbocycles. The Labute approximate surface area is 356 Å². The van der Waals surface area contributed by atoms with Crippen molar-refractivity contribution in [3.63, 3.8) is 0 Å². The Morgan fingerprint density at radius 3 is 2.10 bits per heavy atom. The van der Waals surface area contributed by atoms with Gasteiger partial charge in [-0.25, -0.2) is 19.6 Å². The molecule has 0 bridgehead atoms. The van der Waals surface area contributed by atoms with Crippen molar-refractivity contribution in [3.05, 3.63) is 126 Å². The van der Waals surface area contributed by atoms with E-state index in [1.165, 1.54) is 45.5 Å². The summed E-state index contributed by atoms with van der Waals surface area (Å²) in [4.78, 5) is 45.1. The van der Waals surface area contributed by atoms with Crippen LogP contribution in [0, 0.1) is 11.8 Å². The van der Waals surface area contributed by atoms with Crippen molar-refractivity contribution in [1.82, 2.24) is 30.2 Å². The third kappa shape index (κ3) is 7.88. The number of hydrogen-bond donors (Lipinski definition) is 4. The molecule has 314 valence electrons. The van der Waals surface area contributed by atoms with Gasteiger partial charge < -0.3 is 34.8 Å². The van der Waals surface area contributed by atoms with E-state index in [9.17, 15) is 14.7 Å². The highest BCUT2D eigenvalue weighted by Gasteiger charge is 2.38. The number of likely N-dealkylation sites (tertiary alicyclic amines) is 1. The minimum atomic E-state index is -0.944. The third-order valence-corrected chi connectivity index (χ3v) is 12.9. The number of hydrogen-bond acceptors (Lipinski definition) is 7. The Morgan fingerprint density at radius 1 is 0.836 bits per heavy atom. The van der Waals surface area contributed by atoms with E-state index in [-0.39, 0.29) is 30.0 Å². The van der Waals surface area contributed by atoms with Gasteiger partial charge in [0.1, 0.15) is 11.6 Å². The van der Waals surface area contributed by atoms with Crippen LogP contribution < -0.4 is 10.2 Å². The number of rotatable bonds is 12. The number of aromatic amines is 2. The lowest BCUT2D eigenvalue weighted by Gasteiger charge is -2.32. The number of nitrogens with one attached hydrogen (secondary N) is 3. The molecule has 2 aliphatic heterocycles. The zero-order valence-corrected chi connectivity index (χ0v) is 35.2. The van der Waals surface area contributed by atoms with Gasteiger partial charge in [-0.15, -0.1) is 0 Å². The van der Waals surface area contributed by atoms with E-state index in [4.69, 9.17) is 14.5 Å². The summed E-state index contributed by atoms with van der Waals surface area (Å²) in [7, 11) is 3.06. The number of carbonyl (C=O) groups is 2. The number of aromatic nitrogens is 4. The van der Waals surface area contributed by atoms with Gasteiger partial charge in [-0.2, -0.15) is 0 Å². The second-order valence-electron chi connectivity index (χ2n) is 17.0. The van der Waals surface area contributed by atoms with Crippen LogP contribution in [0.3, 0.4) is 0 Å². The SMILES string of the molecule is COCC1CC(c2ncc(-c3ccc(-c4ccc(-c5cnc([C@@H]6CCCN6c6c(C[C@H](NC(=O)OC)C(C)C)ccc7c6Cc6ccccc6-7)[nH]5)cc4)cc3)[nH]2)N(C(=O)O)C1. The number of alkyl carbamates (subject to hydrolysis) is 1. The predicted octanol–water partition coefficient (Wildman–Crippen LogP) is 9.66. The molecule has 4 heterocycles. The number of H-pyrrole nitrogens is 2. The van der Waals surface area contributed by atoms with Crippen molar-refractivity contribution in [3.8, 4) is 44.8 Å². The smallest absolute Gasteiger partial charge is 0.407 e. The first kappa shape index (κ1) is 40.0. The quantitative estimate of drug-likeness (QED) is 0.0953. The zero-order valence-electron chi connectivity index (χ0n) is 35.2. The third-order valence-electron chi connectivity index (χ3n) is 12.9. The minimum Gasteiger partial charge on any atom is -0.465 e. The van der Waals surface area contributed by atoms with E-state index in [0.29, 0.717) is 31.8 Å². The van der Waals surface area contributed by atoms with Gasteiger partial charge in [0.2, 0.25) is 0 Å². The number of ether oxygens (including phenoxy) is 2. The Kier molecular flexibility index (Phi) is 11.1. The second kappa shape index (κ2) is 16.9. The Bertz CT molecular complexity index is 2530. The molecule has 4 atom stereocenters. The lowest BCUT2D eigenvalue weighted by Crippen LogP contribution is -2.40. The first-order valence-electron chi connectivity index (χ1n) is 21.3. The van der Waals surface area contributed by atoms with Crippen molar-refractivity contribution in [2.75, 3.05) is 38.8 Å². The van der Waals surface area contributed by atoms with Gasteiger partial charge in [0, 0.05) is 44.3 Å². The molecule has 12 nitrogen and oxygen atoms in total. The van der Waals surface area contributed by atoms with Crippen LogP contribution in [-0.2, 0) is 22.3 Å². The number of benzene rings is 4. The Balaban J connectivity index is 0.929. The molecule has 9 rings (SSSR count). The average molecular weight is 820 g/mol. The summed E-state index contributed by atoms with van der Waals surface area (Å²) < 4.78 is 10.3. The molecule has 4 N–H and O–H groups in total. The molecule has 0 spiro atoms. The van der Waals surface area contributed by atoms with E-state index >= 15 is 0 Å². The van der Waals surface area contributed by atoms with Gasteiger partial charge >= 0.3 is 12.2 Å². The van der Waals surface area contributed by atoms with Gasteiger partial charge in [-0.1, -0.05) is 98.8 Å². The van der Waals surface area contributed by atoms with Crippen LogP contribution in [-0.4, -0.2) is 82.1 Å². The standard InChI is InChI=1S/C49H53N7O5/c1-29(2)40(54-48(57)61-4)24-36-19-20-38-37-9-6-5-8-35(37)23-39(38)45(36)55-21-7-10-43(55)46-50-25-41(52-46)33-15-11-31(12-16-33)32-13-17-34(18-14-32)42-26-51-47(53-42)44-22-30(28-60-3)27-56(44)49(58)59/h5-6,8-9,11-20,25-26,29-30,40,43-44H,7,10,21-24,27-28H2,1-4H3,(H,50,52)(H,51,53)(H,54,57)(H,58,59)/t30?,40-,43-,44?/m0/s1. The molecule has 1 aliphatic carbocycles. The highest BCUT2D eigenvalue weighted by molar-refractivity contribution is 5.84. The van der Waals surface area contributed by atoms with Gasteiger partial charge in [0.05, 0.1) is 49.6 Å². The molecule has 2 unspecified atom stereocenters. The van der Waals surface area contributed by atoms with Crippen LogP contribution in [0.2, 0.25) is 0 Å². The molecule has 0 radical (unpaired) electrons. The summed E-state index contributed by atoms with van der Waals surface area (Å²) in [6, 6.07) is 29.8. The topological polar surface area (TPSA) is 149 Å². The molecule has 61 heavy (non-hydrogen) atoms. The van der Waals surface area contributed by atoms with Crippen molar-refractivity contribution in [2.45, 2.75) is 64.1 Å². The number of anilines is 1. The number of amides is 2. The van der Waals surface area contributed by atoms with E-state index in [1.807, 2.05) is 6.20 Å². The summed E-state index contributed by atoms with van der Waals surface area (Å²) in [6.45, 7) is 6.16. The maximum Gasteiger partial charge on any atom is 0.407 e. The van der Waals surface area contributed by atoms with Crippen LogP contribution in [0.15, 0.2) is 97.3 Å². The molecule has 2 amide bonds. The largest absolute Gasteiger partial charge is 0.465 e. The van der Waals surface area contributed by atoms with E-state index in [2.05, 4.69) is 124 Å². The molecule has 2 saturated heterocycles. The molecular weight excluding hydrogens is 767 g/mol. The molecule has 4 aromatic carbocycles. The molecule has 12 heteroatoms. The fourth-order valence-corrected chi connectivity index (χ4v) is 9.73. The number of imidazole rings is 2. The van der Waals surface area contributed by atoms with E-state index in [1.54, 1.807) is 13.3 Å². The lowest BCUT2D eigenvalue weighted by atomic mass is 9.91. The monoisotopic (exact) mass is 819 g/mol. The number of methoxy groups -OCH3 is 2. The highest BCUT2D eigenvalue weighted by Crippen LogP contribution is 2.47. The van der Waals surface area contributed by atoms with Crippen LogP contribution >= 0.6 is 0 Å². The summed E-state index contributed by atoms with van der Waals surface area (Å²) in [5.74, 6) is 1.97. The van der Waals surface area contributed by atoms with Gasteiger partial charge in [-0.3, -0.25) is 4.90 Å². The molecular formula is C49H53N7O5. The Hall–Kier alpha value is -6.40. The summed E-state index contributed by atoms with van der Waals surface area (Å²) in [6.07, 6.45) is 6.67. The number of fused-ring (bicyclic) bond motifs is 3. The number of carboxylic acid groups (broad SMARTS) is 1. The van der Waals surface area contributed by atoms with Crippen LogP contribution in [0.25, 0.3) is 44.8 Å². The fourth-order valence-electron chi connectivity index (χ4n) is 9.73. The maximum absolute atomic E-state index is 12.4. The van der Waals surface area contributed by atoms with Crippen molar-refractivity contribution in [1.29, 1.82) is 0 Å². The van der Waals surface area contributed by atoms with Crippen molar-refractivity contribution in [2.24, 2.45) is 11.8 Å². The van der Waals surface area contributed by atoms with Crippen LogP contribution in [0.4, 0.5) is 15.3 Å². The van der Waals surface area contributed by atoms with E-state index in [0.717, 1.165) is 65.3 Å². The summed E-state index contributed by atoms with van der Waals surface area (Å²) >= 11 is 0. The number of carbonyl (C=O) groups excluding carboxylic acids is 1. The maximum atomic E-state index is 12.4. The fraction of sp³-hybridized carbons (Fsp3) is 0.347. The summed E-state index contributed by atoms with van der Waals surface area (Å²) in [5, 5.41) is 12.9. The normalized spacial score (nSPS) is 18.7. The van der Waals surface area contributed by atoms with Gasteiger partial charge in [0.15, 0.2) is 0 Å². The first-order chi connectivity index (χ1) is 29.7. The lowest BCUT2D eigenvalue weighted by molar-refractivity contribution is 0.131. The van der Waals surface area contributed by atoms with Gasteiger partial charge in [-0.05, 0) is 81.7 Å². The average Bonchev–Trinajstić information content (AvgIpc) is 4.13. The molecule has 2 fully saturated rings. The number of nitrogens with zero attached hydrogens (tertiary/aromatic N) is 4. The Morgan fingerprint density at radius 2 is 1.48 bits per heavy atom. The van der Waals surface area contributed by atoms with Crippen LogP contribution in [0.1, 0.15) is 73.5 Å².